The highest BCUT2D eigenvalue weighted by molar-refractivity contribution is 7.15. The molecule has 0 saturated carbocycles. The van der Waals surface area contributed by atoms with E-state index in [1.807, 2.05) is 25.1 Å². The van der Waals surface area contributed by atoms with E-state index in [-0.39, 0.29) is 5.91 Å². The molecule has 28 heavy (non-hydrogen) atoms. The van der Waals surface area contributed by atoms with Gasteiger partial charge in [0.25, 0.3) is 0 Å². The Bertz CT molecular complexity index is 949. The average Bonchev–Trinajstić information content (AvgIpc) is 3.06. The Morgan fingerprint density at radius 3 is 2.54 bits per heavy atom. The Morgan fingerprint density at radius 1 is 1.11 bits per heavy atom. The monoisotopic (exact) mass is 404 g/mol. The van der Waals surface area contributed by atoms with E-state index in [4.69, 9.17) is 0 Å². The van der Waals surface area contributed by atoms with Gasteiger partial charge in [0.15, 0.2) is 5.13 Å². The van der Waals surface area contributed by atoms with E-state index in [9.17, 15) is 18.0 Å². The van der Waals surface area contributed by atoms with E-state index in [2.05, 4.69) is 16.4 Å². The summed E-state index contributed by atoms with van der Waals surface area (Å²) in [6, 6.07) is 13.1. The van der Waals surface area contributed by atoms with Crippen LogP contribution in [0.3, 0.4) is 0 Å². The van der Waals surface area contributed by atoms with E-state index in [1.165, 1.54) is 23.5 Å². The van der Waals surface area contributed by atoms with Crippen molar-refractivity contribution in [2.45, 2.75) is 32.4 Å². The van der Waals surface area contributed by atoms with Crippen LogP contribution in [0.15, 0.2) is 54.7 Å². The molecule has 3 nitrogen and oxygen atoms in total. The number of benzene rings is 2. The molecule has 1 heterocycles. The number of aryl methyl sites for hydroxylation is 2. The first-order valence-corrected chi connectivity index (χ1v) is 9.57. The highest BCUT2D eigenvalue weighted by Crippen LogP contribution is 2.30. The highest BCUT2D eigenvalue weighted by Gasteiger charge is 2.29. The van der Waals surface area contributed by atoms with Crippen LogP contribution < -0.4 is 5.32 Å². The van der Waals surface area contributed by atoms with E-state index >= 15 is 0 Å². The minimum absolute atomic E-state index is 0.114. The molecular formula is C21H19F3N2OS. The molecule has 1 aromatic heterocycles. The Labute approximate surface area is 165 Å². The molecule has 2 aromatic carbocycles. The van der Waals surface area contributed by atoms with Crippen molar-refractivity contribution < 1.29 is 18.0 Å². The van der Waals surface area contributed by atoms with Gasteiger partial charge >= 0.3 is 6.18 Å². The van der Waals surface area contributed by atoms with Crippen molar-refractivity contribution in [2.24, 2.45) is 0 Å². The zero-order valence-corrected chi connectivity index (χ0v) is 16.0. The number of nitrogens with one attached hydrogen (secondary N) is 1. The summed E-state index contributed by atoms with van der Waals surface area (Å²) < 4.78 is 37.8. The molecule has 0 aliphatic rings. The molecule has 3 aromatic rings. The number of thiazole rings is 1. The van der Waals surface area contributed by atoms with Crippen molar-refractivity contribution in [3.63, 3.8) is 0 Å². The normalized spacial score (nSPS) is 11.4. The van der Waals surface area contributed by atoms with Crippen molar-refractivity contribution in [1.29, 1.82) is 0 Å². The number of hydrogen-bond donors (Lipinski definition) is 1. The quantitative estimate of drug-likeness (QED) is 0.578. The Balaban J connectivity index is 1.53. The molecule has 1 amide bonds. The predicted molar refractivity (Wildman–Crippen MR) is 104 cm³/mol. The van der Waals surface area contributed by atoms with Gasteiger partial charge in [-0.1, -0.05) is 42.0 Å². The summed E-state index contributed by atoms with van der Waals surface area (Å²) in [5, 5.41) is 3.28. The van der Waals surface area contributed by atoms with E-state index in [1.54, 1.807) is 6.20 Å². The third-order valence-electron chi connectivity index (χ3n) is 4.18. The van der Waals surface area contributed by atoms with Gasteiger partial charge in [0.05, 0.1) is 5.56 Å². The first-order valence-electron chi connectivity index (χ1n) is 8.76. The SMILES string of the molecule is Cc1cccc(CCC(=O)Nc2ncc(Cc3ccc(C(F)(F)F)cc3)s2)c1. The van der Waals surface area contributed by atoms with Crippen LogP contribution in [-0.4, -0.2) is 10.9 Å². The predicted octanol–water partition coefficient (Wildman–Crippen LogP) is 5.63. The Morgan fingerprint density at radius 2 is 1.86 bits per heavy atom. The third-order valence-corrected chi connectivity index (χ3v) is 5.10. The molecule has 0 bridgehead atoms. The molecule has 3 rings (SSSR count). The number of amides is 1. The van der Waals surface area contributed by atoms with Gasteiger partial charge in [-0.3, -0.25) is 4.79 Å². The molecule has 0 radical (unpaired) electrons. The van der Waals surface area contributed by atoms with E-state index in [0.717, 1.165) is 33.7 Å². The third kappa shape index (κ3) is 5.66. The number of nitrogens with zero attached hydrogens (tertiary/aromatic N) is 1. The molecule has 0 saturated heterocycles. The standard InChI is InChI=1S/C21H19F3N2OS/c1-14-3-2-4-15(11-14)7-10-19(27)26-20-25-13-18(28-20)12-16-5-8-17(9-6-16)21(22,23)24/h2-6,8-9,11,13H,7,10,12H2,1H3,(H,25,26,27). The minimum Gasteiger partial charge on any atom is -0.302 e. The molecule has 0 aliphatic heterocycles. The van der Waals surface area contributed by atoms with Crippen LogP contribution in [0.5, 0.6) is 0 Å². The largest absolute Gasteiger partial charge is 0.416 e. The lowest BCUT2D eigenvalue weighted by Gasteiger charge is -2.06. The van der Waals surface area contributed by atoms with Crippen LogP contribution in [0.4, 0.5) is 18.3 Å². The van der Waals surface area contributed by atoms with Gasteiger partial charge in [0, 0.05) is 23.9 Å². The van der Waals surface area contributed by atoms with Crippen LogP contribution in [0.1, 0.15) is 33.6 Å². The van der Waals surface area contributed by atoms with Crippen molar-refractivity contribution >= 4 is 22.4 Å². The minimum atomic E-state index is -4.33. The number of rotatable bonds is 6. The van der Waals surface area contributed by atoms with Crippen molar-refractivity contribution in [2.75, 3.05) is 5.32 Å². The topological polar surface area (TPSA) is 42.0 Å². The molecule has 0 fully saturated rings. The zero-order valence-electron chi connectivity index (χ0n) is 15.2. The number of aromatic nitrogens is 1. The molecule has 0 aliphatic carbocycles. The van der Waals surface area contributed by atoms with Gasteiger partial charge in [0.1, 0.15) is 0 Å². The average molecular weight is 404 g/mol. The van der Waals surface area contributed by atoms with Crippen LogP contribution in [0, 0.1) is 6.92 Å². The van der Waals surface area contributed by atoms with Crippen LogP contribution in [0.2, 0.25) is 0 Å². The summed E-state index contributed by atoms with van der Waals surface area (Å²) in [5.41, 5.74) is 2.36. The van der Waals surface area contributed by atoms with Gasteiger partial charge in [-0.05, 0) is 36.6 Å². The first-order chi connectivity index (χ1) is 13.3. The lowest BCUT2D eigenvalue weighted by atomic mass is 10.1. The van der Waals surface area contributed by atoms with E-state index in [0.29, 0.717) is 24.4 Å². The summed E-state index contributed by atoms with van der Waals surface area (Å²) in [4.78, 5) is 17.2. The summed E-state index contributed by atoms with van der Waals surface area (Å²) in [7, 11) is 0. The smallest absolute Gasteiger partial charge is 0.302 e. The van der Waals surface area contributed by atoms with Gasteiger partial charge in [-0.15, -0.1) is 11.3 Å². The van der Waals surface area contributed by atoms with Gasteiger partial charge in [-0.25, -0.2) is 4.98 Å². The lowest BCUT2D eigenvalue weighted by molar-refractivity contribution is -0.137. The fourth-order valence-corrected chi connectivity index (χ4v) is 3.63. The maximum atomic E-state index is 12.6. The van der Waals surface area contributed by atoms with Gasteiger partial charge in [0.2, 0.25) is 5.91 Å². The number of alkyl halides is 3. The second-order valence-electron chi connectivity index (χ2n) is 6.54. The number of carbonyl (C=O) groups is 1. The molecule has 7 heteroatoms. The molecular weight excluding hydrogens is 385 g/mol. The molecule has 1 N–H and O–H groups in total. The molecule has 0 spiro atoms. The van der Waals surface area contributed by atoms with Crippen LogP contribution >= 0.6 is 11.3 Å². The van der Waals surface area contributed by atoms with Crippen molar-refractivity contribution in [3.8, 4) is 0 Å². The second kappa shape index (κ2) is 8.56. The fourth-order valence-electron chi connectivity index (χ4n) is 2.77. The highest BCUT2D eigenvalue weighted by atomic mass is 32.1. The second-order valence-corrected chi connectivity index (χ2v) is 7.66. The molecule has 146 valence electrons. The number of anilines is 1. The Hall–Kier alpha value is -2.67. The number of hydrogen-bond acceptors (Lipinski definition) is 3. The Kier molecular flexibility index (Phi) is 6.14. The lowest BCUT2D eigenvalue weighted by Crippen LogP contribution is -2.12. The fraction of sp³-hybridized carbons (Fsp3) is 0.238. The summed E-state index contributed by atoms with van der Waals surface area (Å²) in [5.74, 6) is -0.114. The molecule has 0 unspecified atom stereocenters. The van der Waals surface area contributed by atoms with Crippen molar-refractivity contribution in [3.05, 3.63) is 81.9 Å². The molecule has 0 atom stereocenters. The summed E-state index contributed by atoms with van der Waals surface area (Å²) in [6.07, 6.45) is -1.22. The maximum Gasteiger partial charge on any atom is 0.416 e. The first kappa shape index (κ1) is 20.1. The van der Waals surface area contributed by atoms with Crippen LogP contribution in [-0.2, 0) is 23.8 Å². The summed E-state index contributed by atoms with van der Waals surface area (Å²) in [6.45, 7) is 2.01. The van der Waals surface area contributed by atoms with E-state index < -0.39 is 11.7 Å². The number of halogens is 3. The summed E-state index contributed by atoms with van der Waals surface area (Å²) >= 11 is 1.32. The maximum absolute atomic E-state index is 12.6. The van der Waals surface area contributed by atoms with Crippen LogP contribution in [0.25, 0.3) is 0 Å². The van der Waals surface area contributed by atoms with Crippen molar-refractivity contribution in [1.82, 2.24) is 4.98 Å². The number of carbonyl (C=O) groups excluding carboxylic acids is 1. The van der Waals surface area contributed by atoms with Gasteiger partial charge in [-0.2, -0.15) is 13.2 Å². The zero-order chi connectivity index (χ0) is 20.1. The van der Waals surface area contributed by atoms with Gasteiger partial charge < -0.3 is 5.32 Å².